The lowest BCUT2D eigenvalue weighted by molar-refractivity contribution is 0.318. The number of methoxy groups -OCH3 is 1. The largest absolute Gasteiger partial charge is 0.497 e. The minimum absolute atomic E-state index is 0.0280. The van der Waals surface area contributed by atoms with Gasteiger partial charge in [-0.05, 0) is 74.2 Å². The number of nitrogens with zero attached hydrogens (tertiary/aromatic N) is 4. The fourth-order valence-electron chi connectivity index (χ4n) is 3.48. The zero-order valence-electron chi connectivity index (χ0n) is 22.2. The Morgan fingerprint density at radius 1 is 0.775 bits per heavy atom. The van der Waals surface area contributed by atoms with Crippen LogP contribution in [0.3, 0.4) is 0 Å². The van der Waals surface area contributed by atoms with Crippen molar-refractivity contribution in [3.8, 4) is 11.5 Å². The zero-order chi connectivity index (χ0) is 29.7. The van der Waals surface area contributed by atoms with Gasteiger partial charge in [0.05, 0.1) is 42.2 Å². The molecule has 0 amide bonds. The number of hydrogen-bond acceptors (Lipinski definition) is 11. The monoisotopic (exact) mass is 591 g/mol. The van der Waals surface area contributed by atoms with Gasteiger partial charge in [-0.25, -0.2) is 0 Å². The molecule has 0 aliphatic rings. The van der Waals surface area contributed by atoms with Crippen molar-refractivity contribution in [2.75, 3.05) is 25.2 Å². The van der Waals surface area contributed by atoms with Gasteiger partial charge in [0.15, 0.2) is 0 Å². The van der Waals surface area contributed by atoms with Crippen LogP contribution in [-0.4, -0.2) is 45.4 Å². The number of ether oxygens (including phenoxy) is 2. The molecule has 3 rings (SSSR count). The molecule has 0 saturated carbocycles. The first kappa shape index (κ1) is 30.6. The highest BCUT2D eigenvalue weighted by atomic mass is 32.2. The maximum absolute atomic E-state index is 11.8. The van der Waals surface area contributed by atoms with Crippen LogP contribution < -0.4 is 15.2 Å². The van der Waals surface area contributed by atoms with E-state index in [1.54, 1.807) is 45.0 Å². The molecule has 4 N–H and O–H groups in total. The van der Waals surface area contributed by atoms with Crippen LogP contribution in [0.15, 0.2) is 67.8 Å². The minimum atomic E-state index is -4.56. The third-order valence-corrected chi connectivity index (χ3v) is 7.31. The van der Waals surface area contributed by atoms with Crippen LogP contribution in [0.1, 0.15) is 23.1 Å². The lowest BCUT2D eigenvalue weighted by Crippen LogP contribution is -2.09. The predicted octanol–water partition coefficient (Wildman–Crippen LogP) is 5.94. The molecule has 3 aromatic carbocycles. The number of anilines is 1. The first-order chi connectivity index (χ1) is 18.7. The van der Waals surface area contributed by atoms with Gasteiger partial charge in [0.1, 0.15) is 22.1 Å². The van der Waals surface area contributed by atoms with Crippen LogP contribution in [-0.2, 0) is 20.2 Å². The summed E-state index contributed by atoms with van der Waals surface area (Å²) in [6, 6.07) is 10.7. The van der Waals surface area contributed by atoms with Gasteiger partial charge in [0.2, 0.25) is 0 Å². The molecule has 214 valence electrons. The van der Waals surface area contributed by atoms with E-state index in [0.29, 0.717) is 39.6 Å². The average Bonchev–Trinajstić information content (AvgIpc) is 2.86. The standard InChI is InChI=1S/C25H29N5O8S2/c1-15-10-19(26)24(38-8-5-9-39(31,32)33)14-23(15)30-29-22-12-16(2)21(11-17(22)3)28-27-20-7-6-18(37-4)13-25(20)40(34,35)36/h6-7,10-14H,5,8-9,26H2,1-4H3,(H,31,32,33)(H,34,35,36). The molecule has 0 spiro atoms. The van der Waals surface area contributed by atoms with Gasteiger partial charge in [0.25, 0.3) is 20.2 Å². The lowest BCUT2D eigenvalue weighted by Gasteiger charge is -2.11. The zero-order valence-corrected chi connectivity index (χ0v) is 23.8. The Bertz CT molecular complexity index is 1690. The molecular formula is C25H29N5O8S2. The highest BCUT2D eigenvalue weighted by Crippen LogP contribution is 2.35. The molecule has 40 heavy (non-hydrogen) atoms. The number of nitrogen functional groups attached to an aromatic ring is 1. The second kappa shape index (κ2) is 12.5. The Kier molecular flexibility index (Phi) is 9.57. The van der Waals surface area contributed by atoms with Gasteiger partial charge in [-0.3, -0.25) is 9.11 Å². The number of hydrogen-bond donors (Lipinski definition) is 3. The van der Waals surface area contributed by atoms with Crippen molar-refractivity contribution in [2.24, 2.45) is 20.5 Å². The summed E-state index contributed by atoms with van der Waals surface area (Å²) in [6.07, 6.45) is 0.0841. The molecule has 0 aromatic heterocycles. The number of azo groups is 2. The van der Waals surface area contributed by atoms with Crippen molar-refractivity contribution in [3.63, 3.8) is 0 Å². The van der Waals surface area contributed by atoms with Gasteiger partial charge in [-0.15, -0.1) is 5.11 Å². The second-order valence-electron chi connectivity index (χ2n) is 8.80. The van der Waals surface area contributed by atoms with Crippen molar-refractivity contribution in [2.45, 2.75) is 32.1 Å². The van der Waals surface area contributed by atoms with Crippen LogP contribution in [0.4, 0.5) is 28.4 Å². The fourth-order valence-corrected chi connectivity index (χ4v) is 4.60. The summed E-state index contributed by atoms with van der Waals surface area (Å²) in [4.78, 5) is -0.434. The molecule has 0 saturated heterocycles. The normalized spacial score (nSPS) is 12.3. The van der Waals surface area contributed by atoms with Gasteiger partial charge >= 0.3 is 0 Å². The molecule has 13 nitrogen and oxygen atoms in total. The highest BCUT2D eigenvalue weighted by Gasteiger charge is 2.17. The Labute approximate surface area is 232 Å². The minimum Gasteiger partial charge on any atom is -0.497 e. The van der Waals surface area contributed by atoms with E-state index >= 15 is 0 Å². The van der Waals surface area contributed by atoms with E-state index in [2.05, 4.69) is 20.5 Å². The lowest BCUT2D eigenvalue weighted by atomic mass is 10.1. The maximum atomic E-state index is 11.8. The van der Waals surface area contributed by atoms with Crippen LogP contribution in [0.5, 0.6) is 11.5 Å². The van der Waals surface area contributed by atoms with E-state index in [9.17, 15) is 21.4 Å². The van der Waals surface area contributed by atoms with E-state index in [1.165, 1.54) is 19.2 Å². The summed E-state index contributed by atoms with van der Waals surface area (Å²) in [7, 11) is -7.27. The Morgan fingerprint density at radius 3 is 1.82 bits per heavy atom. The van der Waals surface area contributed by atoms with Crippen LogP contribution in [0.25, 0.3) is 0 Å². The van der Waals surface area contributed by atoms with E-state index in [0.717, 1.165) is 11.6 Å². The Morgan fingerprint density at radius 2 is 1.30 bits per heavy atom. The molecule has 15 heteroatoms. The van der Waals surface area contributed by atoms with Crippen LogP contribution in [0, 0.1) is 20.8 Å². The average molecular weight is 592 g/mol. The fraction of sp³-hybridized carbons (Fsp3) is 0.280. The van der Waals surface area contributed by atoms with Crippen molar-refractivity contribution < 1.29 is 35.4 Å². The third kappa shape index (κ3) is 8.29. The van der Waals surface area contributed by atoms with Gasteiger partial charge in [-0.2, -0.15) is 32.2 Å². The quantitative estimate of drug-likeness (QED) is 0.104. The van der Waals surface area contributed by atoms with Crippen molar-refractivity contribution in [3.05, 3.63) is 59.2 Å². The molecule has 0 aliphatic carbocycles. The molecule has 0 fully saturated rings. The Hall–Kier alpha value is -3.92. The molecular weight excluding hydrogens is 562 g/mol. The Balaban J connectivity index is 1.83. The molecule has 0 aliphatic heterocycles. The first-order valence-corrected chi connectivity index (χ1v) is 14.8. The van der Waals surface area contributed by atoms with E-state index in [-0.39, 0.29) is 24.5 Å². The predicted molar refractivity (Wildman–Crippen MR) is 149 cm³/mol. The first-order valence-electron chi connectivity index (χ1n) is 11.8. The summed E-state index contributed by atoms with van der Waals surface area (Å²) in [5.74, 6) is 0.114. The molecule has 0 bridgehead atoms. The number of aryl methyl sites for hydroxylation is 3. The molecule has 0 heterocycles. The third-order valence-electron chi connectivity index (χ3n) is 5.62. The van der Waals surface area contributed by atoms with Gasteiger partial charge in [0, 0.05) is 12.1 Å². The summed E-state index contributed by atoms with van der Waals surface area (Å²) >= 11 is 0. The molecule has 3 aromatic rings. The van der Waals surface area contributed by atoms with Crippen molar-refractivity contribution in [1.82, 2.24) is 0 Å². The summed E-state index contributed by atoms with van der Waals surface area (Å²) in [6.45, 7) is 5.40. The van der Waals surface area contributed by atoms with Gasteiger partial charge < -0.3 is 15.2 Å². The SMILES string of the molecule is COc1ccc(N=Nc2cc(C)c(N=Nc3cc(OCCCS(=O)(=O)O)c(N)cc3C)cc2C)c(S(=O)(=O)O)c1. The van der Waals surface area contributed by atoms with Gasteiger partial charge in [-0.1, -0.05) is 0 Å². The molecule has 0 atom stereocenters. The smallest absolute Gasteiger partial charge is 0.296 e. The van der Waals surface area contributed by atoms with Crippen molar-refractivity contribution >= 4 is 48.7 Å². The van der Waals surface area contributed by atoms with Crippen molar-refractivity contribution in [1.29, 1.82) is 0 Å². The molecule has 0 unspecified atom stereocenters. The number of rotatable bonds is 11. The van der Waals surface area contributed by atoms with Crippen LogP contribution >= 0.6 is 0 Å². The number of nitrogens with two attached hydrogens (primary N) is 1. The second-order valence-corrected chi connectivity index (χ2v) is 11.8. The summed E-state index contributed by atoms with van der Waals surface area (Å²) in [5.41, 5.74) is 9.91. The van der Waals surface area contributed by atoms with E-state index < -0.39 is 30.9 Å². The van der Waals surface area contributed by atoms with E-state index in [4.69, 9.17) is 19.8 Å². The highest BCUT2D eigenvalue weighted by molar-refractivity contribution is 7.86. The molecule has 0 radical (unpaired) electrons. The maximum Gasteiger partial charge on any atom is 0.296 e. The summed E-state index contributed by atoms with van der Waals surface area (Å²) < 4.78 is 74.3. The van der Waals surface area contributed by atoms with Crippen LogP contribution in [0.2, 0.25) is 0 Å². The summed E-state index contributed by atoms with van der Waals surface area (Å²) in [5, 5.41) is 16.8. The van der Waals surface area contributed by atoms with E-state index in [1.807, 2.05) is 0 Å². The number of benzene rings is 3. The topological polar surface area (TPSA) is 203 Å².